The largest absolute Gasteiger partial charge is 0.385 e. The minimum atomic E-state index is -2.98. The monoisotopic (exact) mass is 266 g/mol. The molecule has 102 valence electrons. The van der Waals surface area contributed by atoms with Gasteiger partial charge in [-0.2, -0.15) is 0 Å². The van der Waals surface area contributed by atoms with Crippen molar-refractivity contribution in [2.45, 2.75) is 19.4 Å². The molecule has 0 aromatic rings. The Hall–Kier alpha value is -0.660. The molecule has 2 N–H and O–H groups in total. The molecule has 6 nitrogen and oxygen atoms in total. The lowest BCUT2D eigenvalue weighted by Gasteiger charge is -2.13. The molecule has 0 aromatic carbocycles. The second-order valence-corrected chi connectivity index (χ2v) is 6.20. The summed E-state index contributed by atoms with van der Waals surface area (Å²) in [5, 5.41) is 5.59. The maximum Gasteiger partial charge on any atom is 0.236 e. The van der Waals surface area contributed by atoms with Crippen LogP contribution in [0.3, 0.4) is 0 Å². The van der Waals surface area contributed by atoms with E-state index in [0.717, 1.165) is 6.42 Å². The predicted molar refractivity (Wildman–Crippen MR) is 66.7 cm³/mol. The Morgan fingerprint density at radius 1 is 1.35 bits per heavy atom. The van der Waals surface area contributed by atoms with Crippen LogP contribution in [0.4, 0.5) is 0 Å². The normalized spacial score (nSPS) is 13.4. The van der Waals surface area contributed by atoms with Crippen molar-refractivity contribution in [1.29, 1.82) is 0 Å². The molecule has 0 aliphatic rings. The van der Waals surface area contributed by atoms with Crippen LogP contribution in [0.2, 0.25) is 0 Å². The van der Waals surface area contributed by atoms with Crippen LogP contribution in [0.25, 0.3) is 0 Å². The summed E-state index contributed by atoms with van der Waals surface area (Å²) in [5.41, 5.74) is 0. The minimum Gasteiger partial charge on any atom is -0.385 e. The van der Waals surface area contributed by atoms with E-state index < -0.39 is 9.84 Å². The van der Waals surface area contributed by atoms with Gasteiger partial charge in [0.1, 0.15) is 9.84 Å². The van der Waals surface area contributed by atoms with E-state index in [0.29, 0.717) is 13.2 Å². The standard InChI is InChI=1S/C10H22N2O4S/c1-9(11-6-8-17(3,14)15)10(13)12-5-4-7-16-2/h9,11H,4-8H2,1-3H3,(H,12,13). The van der Waals surface area contributed by atoms with Gasteiger partial charge in [-0.05, 0) is 13.3 Å². The number of carbonyl (C=O) groups excluding carboxylic acids is 1. The van der Waals surface area contributed by atoms with Crippen LogP contribution < -0.4 is 10.6 Å². The van der Waals surface area contributed by atoms with Gasteiger partial charge >= 0.3 is 0 Å². The van der Waals surface area contributed by atoms with Gasteiger partial charge in [-0.25, -0.2) is 8.42 Å². The maximum atomic E-state index is 11.5. The molecule has 1 unspecified atom stereocenters. The highest BCUT2D eigenvalue weighted by Gasteiger charge is 2.12. The van der Waals surface area contributed by atoms with Crippen LogP contribution in [0.5, 0.6) is 0 Å². The number of sulfone groups is 1. The van der Waals surface area contributed by atoms with Gasteiger partial charge in [0, 0.05) is 33.1 Å². The fraction of sp³-hybridized carbons (Fsp3) is 0.900. The van der Waals surface area contributed by atoms with E-state index in [-0.39, 0.29) is 24.2 Å². The van der Waals surface area contributed by atoms with Crippen LogP contribution in [-0.4, -0.2) is 59.2 Å². The van der Waals surface area contributed by atoms with E-state index in [1.807, 2.05) is 0 Å². The third-order valence-corrected chi connectivity index (χ3v) is 3.09. The smallest absolute Gasteiger partial charge is 0.236 e. The van der Waals surface area contributed by atoms with E-state index in [9.17, 15) is 13.2 Å². The molecule has 7 heteroatoms. The van der Waals surface area contributed by atoms with Gasteiger partial charge in [0.25, 0.3) is 0 Å². The van der Waals surface area contributed by atoms with Crippen molar-refractivity contribution >= 4 is 15.7 Å². The third-order valence-electron chi connectivity index (χ3n) is 2.14. The number of rotatable bonds is 9. The first-order valence-electron chi connectivity index (χ1n) is 5.54. The number of nitrogens with one attached hydrogen (secondary N) is 2. The van der Waals surface area contributed by atoms with Gasteiger partial charge in [0.2, 0.25) is 5.91 Å². The lowest BCUT2D eigenvalue weighted by Crippen LogP contribution is -2.44. The van der Waals surface area contributed by atoms with Crippen molar-refractivity contribution in [3.05, 3.63) is 0 Å². The average molecular weight is 266 g/mol. The van der Waals surface area contributed by atoms with Crippen LogP contribution in [0, 0.1) is 0 Å². The summed E-state index contributed by atoms with van der Waals surface area (Å²) in [6.07, 6.45) is 1.93. The van der Waals surface area contributed by atoms with Gasteiger partial charge in [-0.1, -0.05) is 0 Å². The van der Waals surface area contributed by atoms with Crippen molar-refractivity contribution in [2.24, 2.45) is 0 Å². The summed E-state index contributed by atoms with van der Waals surface area (Å²) in [6, 6.07) is -0.390. The van der Waals surface area contributed by atoms with Crippen molar-refractivity contribution in [3.8, 4) is 0 Å². The molecule has 0 saturated carbocycles. The van der Waals surface area contributed by atoms with Crippen molar-refractivity contribution in [2.75, 3.05) is 38.8 Å². The molecule has 0 radical (unpaired) electrons. The van der Waals surface area contributed by atoms with Crippen LogP contribution >= 0.6 is 0 Å². The zero-order valence-corrected chi connectivity index (χ0v) is 11.5. The zero-order chi connectivity index (χ0) is 13.3. The highest BCUT2D eigenvalue weighted by molar-refractivity contribution is 7.90. The van der Waals surface area contributed by atoms with Crippen molar-refractivity contribution in [3.63, 3.8) is 0 Å². The Bertz CT molecular complexity index is 316. The molecule has 1 amide bonds. The molecule has 0 fully saturated rings. The van der Waals surface area contributed by atoms with Gasteiger partial charge in [0.15, 0.2) is 0 Å². The Balaban J connectivity index is 3.67. The van der Waals surface area contributed by atoms with Crippen molar-refractivity contribution < 1.29 is 17.9 Å². The van der Waals surface area contributed by atoms with Gasteiger partial charge in [-0.3, -0.25) is 4.79 Å². The van der Waals surface area contributed by atoms with Gasteiger partial charge in [-0.15, -0.1) is 0 Å². The number of hydrogen-bond donors (Lipinski definition) is 2. The summed E-state index contributed by atoms with van der Waals surface area (Å²) in [7, 11) is -1.37. The fourth-order valence-corrected chi connectivity index (χ4v) is 1.62. The highest BCUT2D eigenvalue weighted by atomic mass is 32.2. The summed E-state index contributed by atoms with van der Waals surface area (Å²) >= 11 is 0. The van der Waals surface area contributed by atoms with E-state index in [4.69, 9.17) is 4.74 Å². The molecular weight excluding hydrogens is 244 g/mol. The summed E-state index contributed by atoms with van der Waals surface area (Å²) in [4.78, 5) is 11.5. The van der Waals surface area contributed by atoms with Crippen LogP contribution in [-0.2, 0) is 19.4 Å². The van der Waals surface area contributed by atoms with E-state index in [1.54, 1.807) is 14.0 Å². The molecule has 0 aliphatic carbocycles. The van der Waals surface area contributed by atoms with Crippen LogP contribution in [0.15, 0.2) is 0 Å². The van der Waals surface area contributed by atoms with Gasteiger partial charge in [0.05, 0.1) is 11.8 Å². The SMILES string of the molecule is COCCCNC(=O)C(C)NCCS(C)(=O)=O. The molecule has 0 bridgehead atoms. The topological polar surface area (TPSA) is 84.5 Å². The van der Waals surface area contributed by atoms with Gasteiger partial charge < -0.3 is 15.4 Å². The zero-order valence-electron chi connectivity index (χ0n) is 10.7. The lowest BCUT2D eigenvalue weighted by molar-refractivity contribution is -0.122. The Morgan fingerprint density at radius 2 is 2.00 bits per heavy atom. The molecule has 0 saturated heterocycles. The summed E-state index contributed by atoms with van der Waals surface area (Å²) in [5.74, 6) is -0.0940. The third kappa shape index (κ3) is 10.2. The first kappa shape index (κ1) is 16.3. The molecular formula is C10H22N2O4S. The fourth-order valence-electron chi connectivity index (χ4n) is 1.13. The molecule has 0 aromatic heterocycles. The van der Waals surface area contributed by atoms with E-state index in [2.05, 4.69) is 10.6 Å². The molecule has 0 rings (SSSR count). The van der Waals surface area contributed by atoms with E-state index >= 15 is 0 Å². The average Bonchev–Trinajstić information content (AvgIpc) is 2.22. The molecule has 0 spiro atoms. The Labute approximate surface area is 103 Å². The number of hydrogen-bond acceptors (Lipinski definition) is 5. The lowest BCUT2D eigenvalue weighted by atomic mass is 10.3. The number of carbonyl (C=O) groups is 1. The summed E-state index contributed by atoms with van der Waals surface area (Å²) in [6.45, 7) is 3.15. The first-order chi connectivity index (χ1) is 7.87. The Morgan fingerprint density at radius 3 is 2.53 bits per heavy atom. The predicted octanol–water partition coefficient (Wildman–Crippen LogP) is -0.838. The quantitative estimate of drug-likeness (QED) is 0.532. The molecule has 0 aliphatic heterocycles. The molecule has 17 heavy (non-hydrogen) atoms. The molecule has 1 atom stereocenters. The summed E-state index contributed by atoms with van der Waals surface area (Å²) < 4.78 is 26.6. The second kappa shape index (κ2) is 8.43. The maximum absolute atomic E-state index is 11.5. The number of ether oxygens (including phenoxy) is 1. The highest BCUT2D eigenvalue weighted by Crippen LogP contribution is 1.86. The van der Waals surface area contributed by atoms with Crippen LogP contribution in [0.1, 0.15) is 13.3 Å². The number of amides is 1. The van der Waals surface area contributed by atoms with Crippen molar-refractivity contribution in [1.82, 2.24) is 10.6 Å². The minimum absolute atomic E-state index is 0.0360. The second-order valence-electron chi connectivity index (χ2n) is 3.94. The number of methoxy groups -OCH3 is 1. The van der Waals surface area contributed by atoms with E-state index in [1.165, 1.54) is 6.26 Å². The first-order valence-corrected chi connectivity index (χ1v) is 7.60. The molecule has 0 heterocycles. The Kier molecular flexibility index (Phi) is 8.11.